The van der Waals surface area contributed by atoms with E-state index in [4.69, 9.17) is 5.11 Å². The van der Waals surface area contributed by atoms with Gasteiger partial charge in [0.1, 0.15) is 5.75 Å². The zero-order valence-corrected chi connectivity index (χ0v) is 8.00. The highest BCUT2D eigenvalue weighted by Crippen LogP contribution is 2.17. The van der Waals surface area contributed by atoms with Crippen molar-refractivity contribution in [1.29, 1.82) is 0 Å². The van der Waals surface area contributed by atoms with Crippen molar-refractivity contribution in [2.75, 3.05) is 0 Å². The van der Waals surface area contributed by atoms with Crippen LogP contribution >= 0.6 is 0 Å². The molecule has 2 heteroatoms. The zero-order valence-electron chi connectivity index (χ0n) is 8.00. The summed E-state index contributed by atoms with van der Waals surface area (Å²) in [5.74, 6) is 0.366. The van der Waals surface area contributed by atoms with Gasteiger partial charge in [0, 0.05) is 12.0 Å². The Bertz CT molecular complexity index is 316. The van der Waals surface area contributed by atoms with Crippen LogP contribution in [0.25, 0.3) is 0 Å². The first-order valence-electron chi connectivity index (χ1n) is 4.48. The molecule has 0 fully saturated rings. The van der Waals surface area contributed by atoms with Gasteiger partial charge in [-0.2, -0.15) is 0 Å². The first-order chi connectivity index (χ1) is 6.15. The Labute approximate surface area is 78.2 Å². The predicted molar refractivity (Wildman–Crippen MR) is 52.1 cm³/mol. The van der Waals surface area contributed by atoms with Crippen LogP contribution in [0.15, 0.2) is 18.2 Å². The van der Waals surface area contributed by atoms with Gasteiger partial charge in [-0.05, 0) is 37.1 Å². The number of hydrogen-bond acceptors (Lipinski definition) is 2. The average molecular weight is 178 g/mol. The molecule has 0 aliphatic rings. The topological polar surface area (TPSA) is 37.3 Å². The quantitative estimate of drug-likeness (QED) is 0.722. The summed E-state index contributed by atoms with van der Waals surface area (Å²) >= 11 is 0. The normalized spacial score (nSPS) is 10.0. The summed E-state index contributed by atoms with van der Waals surface area (Å²) in [6, 6.07) is 4.85. The van der Waals surface area contributed by atoms with Crippen molar-refractivity contribution in [2.45, 2.75) is 26.7 Å². The fraction of sp³-hybridized carbons (Fsp3) is 0.364. The smallest absolute Gasteiger partial charge is 0.163 e. The van der Waals surface area contributed by atoms with Crippen molar-refractivity contribution in [1.82, 2.24) is 0 Å². The minimum atomic E-state index is 0.153. The summed E-state index contributed by atoms with van der Waals surface area (Å²) in [5.41, 5.74) is 1.57. The van der Waals surface area contributed by atoms with E-state index in [0.29, 0.717) is 6.42 Å². The number of carbonyl (C=O) groups is 1. The third kappa shape index (κ3) is 2.31. The standard InChI is InChI=1S/C11H14O2/c1-3-4-11(13)10-6-5-9(12)7-8(10)2/h5-7,12H,3-4H2,1-2H3. The Kier molecular flexibility index (Phi) is 3.07. The fourth-order valence-corrected chi connectivity index (χ4v) is 1.32. The summed E-state index contributed by atoms with van der Waals surface area (Å²) in [7, 11) is 0. The molecule has 0 spiro atoms. The SMILES string of the molecule is CCCC(=O)c1ccc(O)cc1C. The van der Waals surface area contributed by atoms with E-state index < -0.39 is 0 Å². The molecule has 0 aliphatic carbocycles. The minimum absolute atomic E-state index is 0.153. The van der Waals surface area contributed by atoms with Crippen molar-refractivity contribution < 1.29 is 9.90 Å². The first-order valence-corrected chi connectivity index (χ1v) is 4.48. The first kappa shape index (κ1) is 9.78. The zero-order chi connectivity index (χ0) is 9.84. The molecule has 0 amide bonds. The minimum Gasteiger partial charge on any atom is -0.508 e. The van der Waals surface area contributed by atoms with Gasteiger partial charge in [-0.3, -0.25) is 4.79 Å². The Morgan fingerprint density at radius 2 is 2.15 bits per heavy atom. The van der Waals surface area contributed by atoms with Crippen molar-refractivity contribution in [3.05, 3.63) is 29.3 Å². The second-order valence-electron chi connectivity index (χ2n) is 3.17. The molecule has 2 nitrogen and oxygen atoms in total. The van der Waals surface area contributed by atoms with Crippen LogP contribution in [0.4, 0.5) is 0 Å². The molecule has 0 heterocycles. The van der Waals surface area contributed by atoms with Gasteiger partial charge >= 0.3 is 0 Å². The largest absolute Gasteiger partial charge is 0.508 e. The Morgan fingerprint density at radius 3 is 2.69 bits per heavy atom. The van der Waals surface area contributed by atoms with Crippen molar-refractivity contribution in [2.24, 2.45) is 0 Å². The third-order valence-corrected chi connectivity index (χ3v) is 1.99. The highest BCUT2D eigenvalue weighted by atomic mass is 16.3. The third-order valence-electron chi connectivity index (χ3n) is 1.99. The second-order valence-corrected chi connectivity index (χ2v) is 3.17. The van der Waals surface area contributed by atoms with E-state index in [1.54, 1.807) is 18.2 Å². The van der Waals surface area contributed by atoms with E-state index in [9.17, 15) is 4.79 Å². The molecule has 13 heavy (non-hydrogen) atoms. The number of phenols is 1. The summed E-state index contributed by atoms with van der Waals surface area (Å²) < 4.78 is 0. The number of ketones is 1. The molecule has 0 bridgehead atoms. The maximum absolute atomic E-state index is 11.5. The average Bonchev–Trinajstić information content (AvgIpc) is 2.04. The molecule has 0 radical (unpaired) electrons. The van der Waals surface area contributed by atoms with E-state index in [0.717, 1.165) is 17.5 Å². The molecule has 1 aromatic rings. The maximum Gasteiger partial charge on any atom is 0.163 e. The summed E-state index contributed by atoms with van der Waals surface area (Å²) in [4.78, 5) is 11.5. The van der Waals surface area contributed by atoms with Gasteiger partial charge in [0.15, 0.2) is 5.78 Å². The van der Waals surface area contributed by atoms with Crippen molar-refractivity contribution in [3.8, 4) is 5.75 Å². The molecule has 0 atom stereocenters. The number of hydrogen-bond donors (Lipinski definition) is 1. The lowest BCUT2D eigenvalue weighted by Crippen LogP contribution is -2.00. The fourth-order valence-electron chi connectivity index (χ4n) is 1.32. The van der Waals surface area contributed by atoms with Gasteiger partial charge in [-0.1, -0.05) is 6.92 Å². The number of aromatic hydroxyl groups is 1. The van der Waals surface area contributed by atoms with E-state index in [1.807, 2.05) is 13.8 Å². The number of phenolic OH excluding ortho intramolecular Hbond substituents is 1. The van der Waals surface area contributed by atoms with Crippen LogP contribution in [0, 0.1) is 6.92 Å². The van der Waals surface area contributed by atoms with Gasteiger partial charge in [0.2, 0.25) is 0 Å². The molecule has 70 valence electrons. The van der Waals surface area contributed by atoms with Gasteiger partial charge in [0.05, 0.1) is 0 Å². The van der Waals surface area contributed by atoms with Crippen molar-refractivity contribution in [3.63, 3.8) is 0 Å². The Balaban J connectivity index is 2.95. The molecule has 0 saturated heterocycles. The van der Waals surface area contributed by atoms with Crippen LogP contribution < -0.4 is 0 Å². The van der Waals surface area contributed by atoms with Crippen LogP contribution in [0.2, 0.25) is 0 Å². The molecule has 1 rings (SSSR count). The summed E-state index contributed by atoms with van der Waals surface area (Å²) in [6.45, 7) is 3.82. The van der Waals surface area contributed by atoms with Gasteiger partial charge in [-0.15, -0.1) is 0 Å². The van der Waals surface area contributed by atoms with Crippen molar-refractivity contribution >= 4 is 5.78 Å². The highest BCUT2D eigenvalue weighted by molar-refractivity contribution is 5.97. The van der Waals surface area contributed by atoms with E-state index in [-0.39, 0.29) is 11.5 Å². The lowest BCUT2D eigenvalue weighted by atomic mass is 10.0. The van der Waals surface area contributed by atoms with E-state index in [2.05, 4.69) is 0 Å². The predicted octanol–water partition coefficient (Wildman–Crippen LogP) is 2.68. The van der Waals surface area contributed by atoms with Gasteiger partial charge in [-0.25, -0.2) is 0 Å². The monoisotopic (exact) mass is 178 g/mol. The lowest BCUT2D eigenvalue weighted by molar-refractivity contribution is 0.0981. The lowest BCUT2D eigenvalue weighted by Gasteiger charge is -2.03. The van der Waals surface area contributed by atoms with E-state index in [1.165, 1.54) is 0 Å². The Hall–Kier alpha value is -1.31. The number of carbonyl (C=O) groups excluding carboxylic acids is 1. The number of Topliss-reactive ketones (excluding diaryl/α,β-unsaturated/α-hetero) is 1. The highest BCUT2D eigenvalue weighted by Gasteiger charge is 2.07. The molecule has 0 aliphatic heterocycles. The number of aryl methyl sites for hydroxylation is 1. The number of benzene rings is 1. The molecule has 0 unspecified atom stereocenters. The second kappa shape index (κ2) is 4.08. The summed E-state index contributed by atoms with van der Waals surface area (Å²) in [6.07, 6.45) is 1.44. The Morgan fingerprint density at radius 1 is 1.46 bits per heavy atom. The van der Waals surface area contributed by atoms with E-state index >= 15 is 0 Å². The van der Waals surface area contributed by atoms with Crippen LogP contribution in [-0.2, 0) is 0 Å². The molecule has 0 saturated carbocycles. The molecular weight excluding hydrogens is 164 g/mol. The summed E-state index contributed by atoms with van der Waals surface area (Å²) in [5, 5.41) is 9.14. The van der Waals surface area contributed by atoms with Crippen LogP contribution in [0.3, 0.4) is 0 Å². The number of rotatable bonds is 3. The van der Waals surface area contributed by atoms with Gasteiger partial charge < -0.3 is 5.11 Å². The molecule has 0 aromatic heterocycles. The van der Waals surface area contributed by atoms with Crippen LogP contribution in [-0.4, -0.2) is 10.9 Å². The van der Waals surface area contributed by atoms with Crippen LogP contribution in [0.1, 0.15) is 35.7 Å². The maximum atomic E-state index is 11.5. The molecular formula is C11H14O2. The van der Waals surface area contributed by atoms with Gasteiger partial charge in [0.25, 0.3) is 0 Å². The van der Waals surface area contributed by atoms with Crippen LogP contribution in [0.5, 0.6) is 5.75 Å². The molecule has 1 aromatic carbocycles. The molecule has 1 N–H and O–H groups in total.